The Balaban J connectivity index is 1.63. The van der Waals surface area contributed by atoms with E-state index in [1.54, 1.807) is 50.8 Å². The van der Waals surface area contributed by atoms with Gasteiger partial charge in [-0.05, 0) is 70.4 Å². The summed E-state index contributed by atoms with van der Waals surface area (Å²) in [6.45, 7) is 8.10. The molecule has 1 aromatic carbocycles. The molecule has 1 aliphatic heterocycles. The molecule has 10 heteroatoms. The Morgan fingerprint density at radius 2 is 1.88 bits per heavy atom. The molecule has 0 saturated carbocycles. The number of aryl methyl sites for hydroxylation is 1. The number of amides is 2. The van der Waals surface area contributed by atoms with Crippen LogP contribution in [0, 0.1) is 6.92 Å². The molecule has 1 saturated heterocycles. The molecular formula is C23H31N3O6S. The smallest absolute Gasteiger partial charge is 0.407 e. The average Bonchev–Trinajstić information content (AvgIpc) is 3.25. The summed E-state index contributed by atoms with van der Waals surface area (Å²) in [5.41, 5.74) is 0.463. The number of ether oxygens (including phenoxy) is 1. The van der Waals surface area contributed by atoms with E-state index in [2.05, 4.69) is 10.0 Å². The highest BCUT2D eigenvalue weighted by Gasteiger charge is 2.28. The molecular weight excluding hydrogens is 446 g/mol. The third-order valence-electron chi connectivity index (χ3n) is 5.27. The predicted molar refractivity (Wildman–Crippen MR) is 122 cm³/mol. The van der Waals surface area contributed by atoms with Crippen molar-refractivity contribution >= 4 is 22.0 Å². The zero-order chi connectivity index (χ0) is 24.2. The van der Waals surface area contributed by atoms with Crippen LogP contribution < -0.4 is 10.0 Å². The van der Waals surface area contributed by atoms with Crippen molar-refractivity contribution < 1.29 is 27.2 Å². The zero-order valence-corrected chi connectivity index (χ0v) is 20.2. The maximum absolute atomic E-state index is 13.1. The summed E-state index contributed by atoms with van der Waals surface area (Å²) in [4.78, 5) is 26.8. The van der Waals surface area contributed by atoms with E-state index in [1.807, 2.05) is 0 Å². The number of hydrogen-bond acceptors (Lipinski definition) is 6. The van der Waals surface area contributed by atoms with Gasteiger partial charge in [-0.3, -0.25) is 4.79 Å². The molecule has 9 nitrogen and oxygen atoms in total. The number of hydrogen-bond donors (Lipinski definition) is 2. The second-order valence-electron chi connectivity index (χ2n) is 9.09. The number of furan rings is 1. The summed E-state index contributed by atoms with van der Waals surface area (Å²) >= 11 is 0. The van der Waals surface area contributed by atoms with Gasteiger partial charge in [-0.25, -0.2) is 17.9 Å². The van der Waals surface area contributed by atoms with Crippen molar-refractivity contribution in [3.05, 3.63) is 53.5 Å². The number of rotatable bonds is 6. The van der Waals surface area contributed by atoms with Crippen LogP contribution in [0.5, 0.6) is 0 Å². The highest BCUT2D eigenvalue weighted by molar-refractivity contribution is 7.89. The van der Waals surface area contributed by atoms with Gasteiger partial charge < -0.3 is 19.4 Å². The summed E-state index contributed by atoms with van der Waals surface area (Å²) in [7, 11) is -3.82. The fraction of sp³-hybridized carbons (Fsp3) is 0.478. The molecule has 0 radical (unpaired) electrons. The van der Waals surface area contributed by atoms with Gasteiger partial charge in [-0.2, -0.15) is 0 Å². The molecule has 0 spiro atoms. The quantitative estimate of drug-likeness (QED) is 0.660. The molecule has 2 N–H and O–H groups in total. The SMILES string of the molecule is Cc1ccc(S(=O)(=O)NCc2ccco2)cc1C(=O)N1CCC(NC(=O)OC(C)(C)C)CC1. The highest BCUT2D eigenvalue weighted by Crippen LogP contribution is 2.21. The van der Waals surface area contributed by atoms with Crippen LogP contribution in [0.25, 0.3) is 0 Å². The number of likely N-dealkylation sites (tertiary alicyclic amines) is 1. The number of sulfonamides is 1. The number of carbonyl (C=O) groups is 2. The second kappa shape index (κ2) is 9.96. The van der Waals surface area contributed by atoms with E-state index in [-0.39, 0.29) is 23.4 Å². The van der Waals surface area contributed by atoms with Gasteiger partial charge in [0.05, 0.1) is 17.7 Å². The number of alkyl carbamates (subject to hydrolysis) is 1. The fourth-order valence-electron chi connectivity index (χ4n) is 3.53. The summed E-state index contributed by atoms with van der Waals surface area (Å²) in [5.74, 6) is 0.260. The van der Waals surface area contributed by atoms with Crippen molar-refractivity contribution in [2.75, 3.05) is 13.1 Å². The van der Waals surface area contributed by atoms with Gasteiger partial charge in [0, 0.05) is 24.7 Å². The van der Waals surface area contributed by atoms with E-state index >= 15 is 0 Å². The van der Waals surface area contributed by atoms with Gasteiger partial charge in [0.1, 0.15) is 11.4 Å². The van der Waals surface area contributed by atoms with Gasteiger partial charge in [0.15, 0.2) is 0 Å². The first-order valence-corrected chi connectivity index (χ1v) is 12.3. The van der Waals surface area contributed by atoms with Crippen LogP contribution >= 0.6 is 0 Å². The molecule has 2 aromatic rings. The first-order chi connectivity index (χ1) is 15.4. The topological polar surface area (TPSA) is 118 Å². The van der Waals surface area contributed by atoms with Gasteiger partial charge >= 0.3 is 6.09 Å². The molecule has 1 fully saturated rings. The molecule has 0 unspecified atom stereocenters. The largest absolute Gasteiger partial charge is 0.468 e. The van der Waals surface area contributed by atoms with Crippen LogP contribution in [0.2, 0.25) is 0 Å². The highest BCUT2D eigenvalue weighted by atomic mass is 32.2. The van der Waals surface area contributed by atoms with E-state index in [0.717, 1.165) is 0 Å². The maximum Gasteiger partial charge on any atom is 0.407 e. The lowest BCUT2D eigenvalue weighted by molar-refractivity contribution is 0.0473. The lowest BCUT2D eigenvalue weighted by atomic mass is 10.0. The summed E-state index contributed by atoms with van der Waals surface area (Å²) < 4.78 is 38.3. The van der Waals surface area contributed by atoms with Crippen molar-refractivity contribution in [3.63, 3.8) is 0 Å². The lowest BCUT2D eigenvalue weighted by Gasteiger charge is -2.33. The van der Waals surface area contributed by atoms with Crippen LogP contribution in [0.3, 0.4) is 0 Å². The Bertz CT molecular complexity index is 1080. The van der Waals surface area contributed by atoms with E-state index in [1.165, 1.54) is 18.4 Å². The Labute approximate surface area is 194 Å². The molecule has 2 heterocycles. The minimum atomic E-state index is -3.82. The Kier molecular flexibility index (Phi) is 7.48. The van der Waals surface area contributed by atoms with E-state index in [4.69, 9.17) is 9.15 Å². The van der Waals surface area contributed by atoms with E-state index < -0.39 is 21.7 Å². The third kappa shape index (κ3) is 6.82. The van der Waals surface area contributed by atoms with Crippen LogP contribution in [0.1, 0.15) is 55.3 Å². The molecule has 1 aliphatic rings. The monoisotopic (exact) mass is 477 g/mol. The molecule has 1 aromatic heterocycles. The van der Waals surface area contributed by atoms with Crippen LogP contribution in [-0.4, -0.2) is 50.1 Å². The third-order valence-corrected chi connectivity index (χ3v) is 6.67. The summed E-state index contributed by atoms with van der Waals surface area (Å²) in [5, 5.41) is 2.85. The van der Waals surface area contributed by atoms with Crippen LogP contribution in [0.15, 0.2) is 45.9 Å². The molecule has 33 heavy (non-hydrogen) atoms. The van der Waals surface area contributed by atoms with Gasteiger partial charge in [0.2, 0.25) is 10.0 Å². The van der Waals surface area contributed by atoms with Gasteiger partial charge in [-0.15, -0.1) is 0 Å². The number of carbonyl (C=O) groups excluding carboxylic acids is 2. The van der Waals surface area contributed by atoms with Crippen LogP contribution in [0.4, 0.5) is 4.79 Å². The van der Waals surface area contributed by atoms with Crippen LogP contribution in [-0.2, 0) is 21.3 Å². The minimum Gasteiger partial charge on any atom is -0.468 e. The zero-order valence-electron chi connectivity index (χ0n) is 19.4. The summed E-state index contributed by atoms with van der Waals surface area (Å²) in [6.07, 6.45) is 2.18. The Morgan fingerprint density at radius 3 is 2.48 bits per heavy atom. The summed E-state index contributed by atoms with van der Waals surface area (Å²) in [6, 6.07) is 7.79. The van der Waals surface area contributed by atoms with Crippen molar-refractivity contribution in [2.45, 2.75) is 63.6 Å². The number of nitrogens with one attached hydrogen (secondary N) is 2. The molecule has 0 bridgehead atoms. The Hall–Kier alpha value is -2.85. The predicted octanol–water partition coefficient (Wildman–Crippen LogP) is 3.20. The van der Waals surface area contributed by atoms with Gasteiger partial charge in [0.25, 0.3) is 5.91 Å². The maximum atomic E-state index is 13.1. The fourth-order valence-corrected chi connectivity index (χ4v) is 4.55. The van der Waals surface area contributed by atoms with Gasteiger partial charge in [-0.1, -0.05) is 6.07 Å². The molecule has 0 aliphatic carbocycles. The normalized spacial score (nSPS) is 15.3. The van der Waals surface area contributed by atoms with Crippen molar-refractivity contribution in [2.24, 2.45) is 0 Å². The van der Waals surface area contributed by atoms with E-state index in [9.17, 15) is 18.0 Å². The molecule has 2 amide bonds. The molecule has 180 valence electrons. The molecule has 3 rings (SSSR count). The van der Waals surface area contributed by atoms with Crippen molar-refractivity contribution in [1.82, 2.24) is 14.9 Å². The first-order valence-electron chi connectivity index (χ1n) is 10.9. The Morgan fingerprint density at radius 1 is 1.18 bits per heavy atom. The number of nitrogens with zero attached hydrogens (tertiary/aromatic N) is 1. The molecule has 0 atom stereocenters. The number of piperidine rings is 1. The van der Waals surface area contributed by atoms with Crippen molar-refractivity contribution in [1.29, 1.82) is 0 Å². The minimum absolute atomic E-state index is 0.0180. The van der Waals surface area contributed by atoms with Crippen molar-refractivity contribution in [3.8, 4) is 0 Å². The number of benzene rings is 1. The van der Waals surface area contributed by atoms with E-state index in [0.29, 0.717) is 42.8 Å². The standard InChI is InChI=1S/C23H31N3O6S/c1-16-7-8-19(33(29,30)24-15-18-6-5-13-31-18)14-20(16)21(27)26-11-9-17(10-12-26)25-22(28)32-23(2,3)4/h5-8,13-14,17,24H,9-12,15H2,1-4H3,(H,25,28). The average molecular weight is 478 g/mol. The first kappa shape index (κ1) is 24.8. The second-order valence-corrected chi connectivity index (χ2v) is 10.9. The lowest BCUT2D eigenvalue weighted by Crippen LogP contribution is -2.47.